The molecule has 0 fully saturated rings. The number of hydrogen-bond acceptors (Lipinski definition) is 4. The van der Waals surface area contributed by atoms with E-state index in [1.54, 1.807) is 17.9 Å². The second kappa shape index (κ2) is 6.25. The van der Waals surface area contributed by atoms with Gasteiger partial charge in [-0.3, -0.25) is 4.79 Å². The lowest BCUT2D eigenvalue weighted by Gasteiger charge is -2.11. The molecule has 0 saturated heterocycles. The molecule has 2 aromatic rings. The van der Waals surface area contributed by atoms with E-state index in [-0.39, 0.29) is 11.2 Å². The summed E-state index contributed by atoms with van der Waals surface area (Å²) in [6.45, 7) is 1.13. The maximum absolute atomic E-state index is 12.2. The molecule has 0 atom stereocenters. The Labute approximate surface area is 117 Å². The molecule has 0 bridgehead atoms. The third kappa shape index (κ3) is 2.83. The van der Waals surface area contributed by atoms with Gasteiger partial charge in [-0.2, -0.15) is 0 Å². The molecule has 5 nitrogen and oxygen atoms in total. The molecule has 106 valence electrons. The van der Waals surface area contributed by atoms with Gasteiger partial charge in [-0.15, -0.1) is 0 Å². The lowest BCUT2D eigenvalue weighted by atomic mass is 10.1. The molecule has 1 heterocycles. The van der Waals surface area contributed by atoms with Crippen molar-refractivity contribution < 1.29 is 4.74 Å². The van der Waals surface area contributed by atoms with Gasteiger partial charge in [-0.05, 0) is 36.7 Å². The van der Waals surface area contributed by atoms with Crippen molar-refractivity contribution in [3.8, 4) is 16.9 Å². The van der Waals surface area contributed by atoms with E-state index < -0.39 is 0 Å². The van der Waals surface area contributed by atoms with Crippen molar-refractivity contribution in [2.75, 3.05) is 19.4 Å². The largest absolute Gasteiger partial charge is 0.497 e. The van der Waals surface area contributed by atoms with Gasteiger partial charge in [0.2, 0.25) is 0 Å². The first kappa shape index (κ1) is 14.1. The topological polar surface area (TPSA) is 83.3 Å². The van der Waals surface area contributed by atoms with Crippen molar-refractivity contribution in [1.29, 1.82) is 0 Å². The molecular formula is C15H19N3O2. The standard InChI is InChI=1S/C15H19N3O2/c1-20-12-5-2-4-11(10-12)13-6-9-18(8-3-7-16)15(19)14(13)17/h2,4-6,9-10H,3,7-8,16-17H2,1H3. The number of methoxy groups -OCH3 is 1. The van der Waals surface area contributed by atoms with Crippen LogP contribution in [0.5, 0.6) is 5.75 Å². The molecule has 0 amide bonds. The van der Waals surface area contributed by atoms with Crippen LogP contribution in [-0.2, 0) is 6.54 Å². The molecule has 5 heteroatoms. The minimum atomic E-state index is -0.182. The highest BCUT2D eigenvalue weighted by molar-refractivity contribution is 5.76. The fourth-order valence-corrected chi connectivity index (χ4v) is 2.07. The Balaban J connectivity index is 2.43. The van der Waals surface area contributed by atoms with Gasteiger partial charge < -0.3 is 20.8 Å². The van der Waals surface area contributed by atoms with Crippen LogP contribution in [0.2, 0.25) is 0 Å². The van der Waals surface area contributed by atoms with Crippen molar-refractivity contribution in [1.82, 2.24) is 4.57 Å². The first-order chi connectivity index (χ1) is 9.67. The van der Waals surface area contributed by atoms with E-state index in [1.165, 1.54) is 0 Å². The van der Waals surface area contributed by atoms with E-state index in [0.29, 0.717) is 13.1 Å². The Kier molecular flexibility index (Phi) is 4.42. The third-order valence-corrected chi connectivity index (χ3v) is 3.19. The first-order valence-electron chi connectivity index (χ1n) is 6.50. The Morgan fingerprint density at radius 1 is 1.30 bits per heavy atom. The molecular weight excluding hydrogens is 254 g/mol. The fourth-order valence-electron chi connectivity index (χ4n) is 2.07. The second-order valence-corrected chi connectivity index (χ2v) is 4.52. The van der Waals surface area contributed by atoms with Crippen LogP contribution in [0.25, 0.3) is 11.1 Å². The zero-order chi connectivity index (χ0) is 14.5. The van der Waals surface area contributed by atoms with Crippen LogP contribution in [0.4, 0.5) is 5.69 Å². The quantitative estimate of drug-likeness (QED) is 0.863. The molecule has 0 aliphatic carbocycles. The highest BCUT2D eigenvalue weighted by Crippen LogP contribution is 2.26. The number of ether oxygens (including phenoxy) is 1. The number of aromatic nitrogens is 1. The predicted octanol–water partition coefficient (Wildman–Crippen LogP) is 1.45. The van der Waals surface area contributed by atoms with Crippen molar-refractivity contribution in [3.63, 3.8) is 0 Å². The number of pyridine rings is 1. The van der Waals surface area contributed by atoms with Gasteiger partial charge in [0.25, 0.3) is 5.56 Å². The first-order valence-corrected chi connectivity index (χ1v) is 6.50. The molecule has 0 saturated carbocycles. The monoisotopic (exact) mass is 273 g/mol. The Morgan fingerprint density at radius 2 is 2.10 bits per heavy atom. The third-order valence-electron chi connectivity index (χ3n) is 3.19. The maximum atomic E-state index is 12.2. The van der Waals surface area contributed by atoms with E-state index in [0.717, 1.165) is 23.3 Å². The van der Waals surface area contributed by atoms with Gasteiger partial charge in [0.15, 0.2) is 0 Å². The van der Waals surface area contributed by atoms with Crippen LogP contribution in [0.15, 0.2) is 41.3 Å². The molecule has 0 aliphatic heterocycles. The number of nitrogens with two attached hydrogens (primary N) is 2. The average molecular weight is 273 g/mol. The fraction of sp³-hybridized carbons (Fsp3) is 0.267. The molecule has 4 N–H and O–H groups in total. The van der Waals surface area contributed by atoms with Gasteiger partial charge in [0.05, 0.1) is 7.11 Å². The molecule has 0 radical (unpaired) electrons. The van der Waals surface area contributed by atoms with Crippen molar-refractivity contribution in [3.05, 3.63) is 46.9 Å². The zero-order valence-corrected chi connectivity index (χ0v) is 11.5. The molecule has 1 aromatic heterocycles. The summed E-state index contributed by atoms with van der Waals surface area (Å²) in [5.74, 6) is 0.731. The van der Waals surface area contributed by atoms with Gasteiger partial charge in [0.1, 0.15) is 11.4 Å². The number of hydrogen-bond donors (Lipinski definition) is 2. The summed E-state index contributed by atoms with van der Waals surface area (Å²) >= 11 is 0. The normalized spacial score (nSPS) is 10.5. The molecule has 20 heavy (non-hydrogen) atoms. The van der Waals surface area contributed by atoms with E-state index in [9.17, 15) is 4.79 Å². The van der Waals surface area contributed by atoms with Crippen LogP contribution in [0.3, 0.4) is 0 Å². The summed E-state index contributed by atoms with van der Waals surface area (Å²) in [6.07, 6.45) is 2.50. The summed E-state index contributed by atoms with van der Waals surface area (Å²) < 4.78 is 6.77. The van der Waals surface area contributed by atoms with Crippen molar-refractivity contribution in [2.24, 2.45) is 5.73 Å². The summed E-state index contributed by atoms with van der Waals surface area (Å²) in [5.41, 5.74) is 13.1. The SMILES string of the molecule is COc1cccc(-c2ccn(CCCN)c(=O)c2N)c1. The number of aryl methyl sites for hydroxylation is 1. The van der Waals surface area contributed by atoms with Crippen molar-refractivity contribution >= 4 is 5.69 Å². The van der Waals surface area contributed by atoms with Crippen LogP contribution < -0.4 is 21.8 Å². The summed E-state index contributed by atoms with van der Waals surface area (Å²) in [5, 5.41) is 0. The van der Waals surface area contributed by atoms with Crippen LogP contribution in [0, 0.1) is 0 Å². The highest BCUT2D eigenvalue weighted by atomic mass is 16.5. The van der Waals surface area contributed by atoms with Crippen LogP contribution in [0.1, 0.15) is 6.42 Å². The van der Waals surface area contributed by atoms with Crippen LogP contribution in [-0.4, -0.2) is 18.2 Å². The van der Waals surface area contributed by atoms with Gasteiger partial charge >= 0.3 is 0 Å². The lowest BCUT2D eigenvalue weighted by Crippen LogP contribution is -2.24. The summed E-state index contributed by atoms with van der Waals surface area (Å²) in [4.78, 5) is 12.2. The molecule has 1 aromatic carbocycles. The van der Waals surface area contributed by atoms with Gasteiger partial charge in [-0.1, -0.05) is 12.1 Å². The zero-order valence-electron chi connectivity index (χ0n) is 11.5. The Morgan fingerprint density at radius 3 is 2.80 bits per heavy atom. The molecule has 2 rings (SSSR count). The minimum Gasteiger partial charge on any atom is -0.497 e. The Hall–Kier alpha value is -2.27. The van der Waals surface area contributed by atoms with E-state index in [1.807, 2.05) is 30.3 Å². The summed E-state index contributed by atoms with van der Waals surface area (Å²) in [6, 6.07) is 9.32. The Bertz CT molecular complexity index is 650. The van der Waals surface area contributed by atoms with Crippen molar-refractivity contribution in [2.45, 2.75) is 13.0 Å². The smallest absolute Gasteiger partial charge is 0.274 e. The van der Waals surface area contributed by atoms with E-state index in [4.69, 9.17) is 16.2 Å². The molecule has 0 spiro atoms. The van der Waals surface area contributed by atoms with Gasteiger partial charge in [-0.25, -0.2) is 0 Å². The predicted molar refractivity (Wildman–Crippen MR) is 80.8 cm³/mol. The second-order valence-electron chi connectivity index (χ2n) is 4.52. The maximum Gasteiger partial charge on any atom is 0.274 e. The average Bonchev–Trinajstić information content (AvgIpc) is 2.49. The van der Waals surface area contributed by atoms with Gasteiger partial charge in [0, 0.05) is 18.3 Å². The number of nitrogens with zero attached hydrogens (tertiary/aromatic N) is 1. The number of benzene rings is 1. The molecule has 0 unspecified atom stereocenters. The molecule has 0 aliphatic rings. The highest BCUT2D eigenvalue weighted by Gasteiger charge is 2.09. The van der Waals surface area contributed by atoms with Crippen LogP contribution >= 0.6 is 0 Å². The van der Waals surface area contributed by atoms with E-state index in [2.05, 4.69) is 0 Å². The summed E-state index contributed by atoms with van der Waals surface area (Å²) in [7, 11) is 1.60. The number of nitrogen functional groups attached to an aromatic ring is 1. The number of anilines is 1. The number of rotatable bonds is 5. The minimum absolute atomic E-state index is 0.182. The lowest BCUT2D eigenvalue weighted by molar-refractivity contribution is 0.415. The van der Waals surface area contributed by atoms with E-state index >= 15 is 0 Å².